The smallest absolute Gasteiger partial charge is 0.267 e. The largest absolute Gasteiger partial charge is 0.372 e. The Bertz CT molecular complexity index is 1070. The Morgan fingerprint density at radius 3 is 2.57 bits per heavy atom. The van der Waals surface area contributed by atoms with Crippen molar-refractivity contribution in [2.75, 3.05) is 4.90 Å². The van der Waals surface area contributed by atoms with Gasteiger partial charge in [0, 0.05) is 0 Å². The molecule has 0 unspecified atom stereocenters. The van der Waals surface area contributed by atoms with E-state index >= 15 is 0 Å². The molecule has 3 heterocycles. The average Bonchev–Trinajstić information content (AvgIpc) is 3.03. The summed E-state index contributed by atoms with van der Waals surface area (Å²) in [5.41, 5.74) is 0.0876. The number of para-hydroxylation sites is 1. The molecule has 0 N–H and O–H groups in total. The molecule has 114 valence electrons. The summed E-state index contributed by atoms with van der Waals surface area (Å²) in [6.07, 6.45) is 0. The first-order valence-electron chi connectivity index (χ1n) is 6.53. The van der Waals surface area contributed by atoms with Gasteiger partial charge in [0.05, 0.1) is 16.4 Å². The summed E-state index contributed by atoms with van der Waals surface area (Å²) >= 11 is 7.13. The first-order chi connectivity index (χ1) is 11.0. The van der Waals surface area contributed by atoms with Crippen LogP contribution in [0.2, 0.25) is 5.02 Å². The molecule has 1 aromatic carbocycles. The van der Waals surface area contributed by atoms with E-state index in [-0.39, 0.29) is 21.3 Å². The minimum absolute atomic E-state index is 0.0120. The zero-order valence-electron chi connectivity index (χ0n) is 11.6. The van der Waals surface area contributed by atoms with Gasteiger partial charge in [-0.25, -0.2) is 14.1 Å². The first kappa shape index (κ1) is 14.0. The third kappa shape index (κ3) is 1.79. The molecular weight excluding hydrogens is 340 g/mol. The van der Waals surface area contributed by atoms with Crippen LogP contribution in [0.1, 0.15) is 25.9 Å². The molecule has 9 heteroatoms. The Kier molecular flexibility index (Phi) is 2.87. The van der Waals surface area contributed by atoms with Gasteiger partial charge in [0.25, 0.3) is 11.8 Å². The number of halogens is 1. The molecule has 0 saturated heterocycles. The van der Waals surface area contributed by atoms with Crippen LogP contribution in [0.15, 0.2) is 29.1 Å². The Balaban J connectivity index is 2.00. The Morgan fingerprint density at radius 1 is 1.09 bits per heavy atom. The molecule has 0 saturated carbocycles. The maximum atomic E-state index is 12.7. The van der Waals surface area contributed by atoms with Crippen LogP contribution < -0.4 is 10.6 Å². The lowest BCUT2D eigenvalue weighted by atomic mass is 10.3. The van der Waals surface area contributed by atoms with Crippen molar-refractivity contribution in [3.05, 3.63) is 56.0 Å². The normalized spacial score (nSPS) is 13.9. The van der Waals surface area contributed by atoms with Crippen molar-refractivity contribution >= 4 is 45.3 Å². The average molecular weight is 347 g/mol. The zero-order valence-corrected chi connectivity index (χ0v) is 13.2. The highest BCUT2D eigenvalue weighted by Crippen LogP contribution is 2.36. The lowest BCUT2D eigenvalue weighted by molar-refractivity contribution is 0.0925. The number of nitrogens with zero attached hydrogens (tertiary/aromatic N) is 4. The Hall–Kier alpha value is -2.58. The van der Waals surface area contributed by atoms with E-state index < -0.39 is 17.5 Å². The van der Waals surface area contributed by atoms with Gasteiger partial charge in [0.2, 0.25) is 0 Å². The topological polar surface area (TPSA) is 84.6 Å². The molecule has 2 amide bonds. The van der Waals surface area contributed by atoms with Crippen LogP contribution in [0.4, 0.5) is 5.69 Å². The number of hydrogen-bond donors (Lipinski definition) is 0. The number of carbonyl (C=O) groups is 2. The molecule has 1 aliphatic heterocycles. The second-order valence-electron chi connectivity index (χ2n) is 4.89. The zero-order chi connectivity index (χ0) is 16.3. The molecule has 0 fully saturated rings. The number of imide groups is 1. The molecule has 23 heavy (non-hydrogen) atoms. The van der Waals surface area contributed by atoms with Gasteiger partial charge in [-0.1, -0.05) is 28.8 Å². The van der Waals surface area contributed by atoms with Gasteiger partial charge in [0.1, 0.15) is 15.4 Å². The van der Waals surface area contributed by atoms with E-state index in [0.29, 0.717) is 10.5 Å². The van der Waals surface area contributed by atoms with Gasteiger partial charge < -0.3 is 0 Å². The van der Waals surface area contributed by atoms with Gasteiger partial charge in [-0.15, -0.1) is 16.4 Å². The SMILES string of the molecule is Cc1nnc(=O)n2c3c(sc12)C(=O)N(c1ccccc1Cl)C3=O. The number of rotatable bonds is 1. The lowest BCUT2D eigenvalue weighted by Crippen LogP contribution is -2.31. The fourth-order valence-corrected chi connectivity index (χ4v) is 3.82. The van der Waals surface area contributed by atoms with E-state index in [1.165, 1.54) is 0 Å². The summed E-state index contributed by atoms with van der Waals surface area (Å²) in [6.45, 7) is 1.66. The Morgan fingerprint density at radius 2 is 1.83 bits per heavy atom. The predicted molar refractivity (Wildman–Crippen MR) is 84.5 cm³/mol. The third-order valence-electron chi connectivity index (χ3n) is 3.52. The number of carbonyl (C=O) groups excluding carboxylic acids is 2. The summed E-state index contributed by atoms with van der Waals surface area (Å²) in [6, 6.07) is 6.54. The van der Waals surface area contributed by atoms with Crippen LogP contribution in [-0.2, 0) is 0 Å². The molecule has 0 radical (unpaired) electrons. The predicted octanol–water partition coefficient (Wildman–Crippen LogP) is 1.91. The quantitative estimate of drug-likeness (QED) is 0.628. The molecule has 0 bridgehead atoms. The van der Waals surface area contributed by atoms with Crippen LogP contribution in [-0.4, -0.2) is 26.4 Å². The maximum absolute atomic E-state index is 12.7. The van der Waals surface area contributed by atoms with Crippen LogP contribution in [0, 0.1) is 6.92 Å². The van der Waals surface area contributed by atoms with Crippen molar-refractivity contribution in [2.45, 2.75) is 6.92 Å². The number of benzene rings is 1. The summed E-state index contributed by atoms with van der Waals surface area (Å²) in [5, 5.41) is 7.49. The van der Waals surface area contributed by atoms with Crippen molar-refractivity contribution in [3.8, 4) is 0 Å². The summed E-state index contributed by atoms with van der Waals surface area (Å²) < 4.78 is 1.14. The fourth-order valence-electron chi connectivity index (χ4n) is 2.51. The molecule has 2 aromatic heterocycles. The van der Waals surface area contributed by atoms with Crippen LogP contribution in [0.5, 0.6) is 0 Å². The number of thiazole rings is 1. The summed E-state index contributed by atoms with van der Waals surface area (Å²) in [7, 11) is 0. The van der Waals surface area contributed by atoms with Crippen LogP contribution in [0.25, 0.3) is 4.83 Å². The van der Waals surface area contributed by atoms with Gasteiger partial charge in [-0.3, -0.25) is 9.59 Å². The highest BCUT2D eigenvalue weighted by atomic mass is 35.5. The van der Waals surface area contributed by atoms with E-state index in [4.69, 9.17) is 11.6 Å². The van der Waals surface area contributed by atoms with Gasteiger partial charge in [-0.05, 0) is 19.1 Å². The Labute approximate surface area is 137 Å². The van der Waals surface area contributed by atoms with Gasteiger partial charge >= 0.3 is 5.69 Å². The number of aromatic nitrogens is 3. The van der Waals surface area contributed by atoms with Crippen molar-refractivity contribution < 1.29 is 9.59 Å². The monoisotopic (exact) mass is 346 g/mol. The van der Waals surface area contributed by atoms with Gasteiger partial charge in [-0.2, -0.15) is 0 Å². The molecule has 1 aliphatic rings. The van der Waals surface area contributed by atoms with E-state index in [9.17, 15) is 14.4 Å². The molecule has 7 nitrogen and oxygen atoms in total. The standard InChI is InChI=1S/C14H7ClN4O3S/c1-6-13-19(14(22)17-16-6)9-10(23-13)12(21)18(11(9)20)8-5-3-2-4-7(8)15/h2-5H,1H3. The van der Waals surface area contributed by atoms with Crippen molar-refractivity contribution in [1.29, 1.82) is 0 Å². The number of aryl methyl sites for hydroxylation is 1. The number of amides is 2. The molecule has 0 atom stereocenters. The molecule has 0 spiro atoms. The first-order valence-corrected chi connectivity index (χ1v) is 7.72. The molecule has 3 aromatic rings. The van der Waals surface area contributed by atoms with E-state index in [1.54, 1.807) is 31.2 Å². The number of hydrogen-bond acceptors (Lipinski definition) is 6. The fraction of sp³-hybridized carbons (Fsp3) is 0.0714. The maximum Gasteiger partial charge on any atom is 0.372 e. The van der Waals surface area contributed by atoms with Crippen molar-refractivity contribution in [1.82, 2.24) is 14.6 Å². The number of anilines is 1. The second-order valence-corrected chi connectivity index (χ2v) is 6.29. The van der Waals surface area contributed by atoms with Crippen molar-refractivity contribution in [2.24, 2.45) is 0 Å². The van der Waals surface area contributed by atoms with Gasteiger partial charge in [0.15, 0.2) is 0 Å². The van der Waals surface area contributed by atoms with Crippen LogP contribution >= 0.6 is 22.9 Å². The van der Waals surface area contributed by atoms with E-state index in [0.717, 1.165) is 20.6 Å². The molecular formula is C14H7ClN4O3S. The lowest BCUT2D eigenvalue weighted by Gasteiger charge is -2.15. The molecule has 4 rings (SSSR count). The highest BCUT2D eigenvalue weighted by Gasteiger charge is 2.42. The minimum atomic E-state index is -0.690. The van der Waals surface area contributed by atoms with E-state index in [1.807, 2.05) is 0 Å². The molecule has 0 aliphatic carbocycles. The summed E-state index contributed by atoms with van der Waals surface area (Å²) in [5.74, 6) is -1.11. The summed E-state index contributed by atoms with van der Waals surface area (Å²) in [4.78, 5) is 39.0. The minimum Gasteiger partial charge on any atom is -0.267 e. The third-order valence-corrected chi connectivity index (χ3v) is 5.09. The van der Waals surface area contributed by atoms with E-state index in [2.05, 4.69) is 10.2 Å². The second kappa shape index (κ2) is 4.71. The number of fused-ring (bicyclic) bond motifs is 3. The van der Waals surface area contributed by atoms with Crippen molar-refractivity contribution in [3.63, 3.8) is 0 Å². The highest BCUT2D eigenvalue weighted by molar-refractivity contribution is 7.20. The van der Waals surface area contributed by atoms with Crippen LogP contribution in [0.3, 0.4) is 0 Å².